The van der Waals surface area contributed by atoms with Gasteiger partial charge in [0.25, 0.3) is 0 Å². The third kappa shape index (κ3) is 2.45. The third-order valence-electron chi connectivity index (χ3n) is 1.56. The maximum Gasteiger partial charge on any atom is 0.172 e. The maximum atomic E-state index is 5.87. The molecule has 0 amide bonds. The van der Waals surface area contributed by atoms with Crippen molar-refractivity contribution in [3.05, 3.63) is 31.2 Å². The summed E-state index contributed by atoms with van der Waals surface area (Å²) in [5, 5.41) is 0.573. The molecule has 15 heavy (non-hydrogen) atoms. The lowest BCUT2D eigenvalue weighted by molar-refractivity contribution is 1.17. The van der Waals surface area contributed by atoms with Crippen LogP contribution in [0.4, 0.5) is 0 Å². The van der Waals surface area contributed by atoms with Crippen molar-refractivity contribution >= 4 is 62.1 Å². The van der Waals surface area contributed by atoms with Crippen LogP contribution in [-0.4, -0.2) is 9.97 Å². The first kappa shape index (κ1) is 11.6. The van der Waals surface area contributed by atoms with Crippen LogP contribution in [0, 0.1) is 0 Å². The first-order valence-electron chi connectivity index (χ1n) is 3.72. The van der Waals surface area contributed by atoms with Gasteiger partial charge in [0.15, 0.2) is 5.82 Å². The van der Waals surface area contributed by atoms with Crippen molar-refractivity contribution in [1.82, 2.24) is 9.97 Å². The molecular formula is C8H2BrCl3N2S. The van der Waals surface area contributed by atoms with E-state index in [2.05, 4.69) is 25.9 Å². The molecule has 2 nitrogen and oxygen atoms in total. The van der Waals surface area contributed by atoms with Crippen LogP contribution in [0.15, 0.2) is 16.6 Å². The third-order valence-corrected chi connectivity index (χ3v) is 4.55. The van der Waals surface area contributed by atoms with Gasteiger partial charge in [-0.2, -0.15) is 0 Å². The minimum atomic E-state index is 0.287. The highest BCUT2D eigenvalue weighted by Gasteiger charge is 2.11. The molecule has 0 aliphatic heterocycles. The average molecular weight is 344 g/mol. The van der Waals surface area contributed by atoms with Crippen LogP contribution < -0.4 is 0 Å². The molecule has 7 heteroatoms. The minimum Gasteiger partial charge on any atom is -0.214 e. The highest BCUT2D eigenvalue weighted by molar-refractivity contribution is 9.10. The molecule has 78 valence electrons. The van der Waals surface area contributed by atoms with Crippen LogP contribution >= 0.6 is 62.1 Å². The molecule has 2 heterocycles. The van der Waals surface area contributed by atoms with Gasteiger partial charge >= 0.3 is 0 Å². The molecule has 0 atom stereocenters. The molecule has 0 saturated heterocycles. The Balaban J connectivity index is 2.55. The Morgan fingerprint density at radius 2 is 1.67 bits per heavy atom. The SMILES string of the molecule is Clc1ccc(-c2nc(Cl)c(Br)c(Cl)n2)s1. The zero-order valence-electron chi connectivity index (χ0n) is 6.97. The Bertz CT molecular complexity index is 491. The fraction of sp³-hybridized carbons (Fsp3) is 0. The number of rotatable bonds is 1. The number of halogens is 4. The molecule has 2 rings (SSSR count). The molecule has 0 aromatic carbocycles. The van der Waals surface area contributed by atoms with Gasteiger partial charge in [0, 0.05) is 0 Å². The number of hydrogen-bond donors (Lipinski definition) is 0. The number of hydrogen-bond acceptors (Lipinski definition) is 3. The smallest absolute Gasteiger partial charge is 0.172 e. The highest BCUT2D eigenvalue weighted by Crippen LogP contribution is 2.33. The van der Waals surface area contributed by atoms with E-state index in [0.717, 1.165) is 4.88 Å². The normalized spacial score (nSPS) is 10.7. The van der Waals surface area contributed by atoms with Crippen molar-refractivity contribution < 1.29 is 0 Å². The van der Waals surface area contributed by atoms with Gasteiger partial charge in [0.1, 0.15) is 10.3 Å². The van der Waals surface area contributed by atoms with E-state index in [1.807, 2.05) is 6.07 Å². The Hall–Kier alpha value is 0.130. The molecule has 0 N–H and O–H groups in total. The summed E-state index contributed by atoms with van der Waals surface area (Å²) < 4.78 is 1.17. The highest BCUT2D eigenvalue weighted by atomic mass is 79.9. The molecule has 0 aliphatic rings. The molecule has 2 aromatic rings. The minimum absolute atomic E-state index is 0.287. The summed E-state index contributed by atoms with van der Waals surface area (Å²) in [4.78, 5) is 9.01. The largest absolute Gasteiger partial charge is 0.214 e. The predicted molar refractivity (Wildman–Crippen MR) is 68.1 cm³/mol. The van der Waals surface area contributed by atoms with Gasteiger partial charge in [0.05, 0.1) is 13.7 Å². The second-order valence-corrected chi connectivity index (χ2v) is 5.77. The molecule has 0 bridgehead atoms. The van der Waals surface area contributed by atoms with Gasteiger partial charge in [-0.05, 0) is 28.1 Å². The topological polar surface area (TPSA) is 25.8 Å². The van der Waals surface area contributed by atoms with E-state index >= 15 is 0 Å². The van der Waals surface area contributed by atoms with Crippen LogP contribution in [0.3, 0.4) is 0 Å². The van der Waals surface area contributed by atoms with Crippen LogP contribution in [0.25, 0.3) is 10.7 Å². The summed E-state index contributed by atoms with van der Waals surface area (Å²) in [5.74, 6) is 0.477. The summed E-state index contributed by atoms with van der Waals surface area (Å²) in [6, 6.07) is 3.59. The fourth-order valence-electron chi connectivity index (χ4n) is 0.939. The van der Waals surface area contributed by atoms with Crippen LogP contribution in [0.1, 0.15) is 0 Å². The fourth-order valence-corrected chi connectivity index (χ4v) is 2.48. The molecular weight excluding hydrogens is 342 g/mol. The van der Waals surface area contributed by atoms with Gasteiger partial charge in [-0.15, -0.1) is 11.3 Å². The van der Waals surface area contributed by atoms with Crippen molar-refractivity contribution in [2.45, 2.75) is 0 Å². The zero-order valence-corrected chi connectivity index (χ0v) is 11.6. The molecule has 0 fully saturated rings. The molecule has 0 radical (unpaired) electrons. The lowest BCUT2D eigenvalue weighted by Crippen LogP contribution is -1.89. The summed E-state index contributed by atoms with van der Waals surface area (Å²) in [5.41, 5.74) is 0. The van der Waals surface area contributed by atoms with Crippen LogP contribution in [0.2, 0.25) is 14.6 Å². The average Bonchev–Trinajstić information content (AvgIpc) is 2.60. The Labute approximate surface area is 113 Å². The van der Waals surface area contributed by atoms with Gasteiger partial charge in [0.2, 0.25) is 0 Å². The van der Waals surface area contributed by atoms with E-state index in [4.69, 9.17) is 34.8 Å². The Morgan fingerprint density at radius 1 is 1.07 bits per heavy atom. The van der Waals surface area contributed by atoms with Crippen LogP contribution in [-0.2, 0) is 0 Å². The van der Waals surface area contributed by atoms with Gasteiger partial charge in [-0.25, -0.2) is 9.97 Å². The number of nitrogens with zero attached hydrogens (tertiary/aromatic N) is 2. The van der Waals surface area contributed by atoms with Gasteiger partial charge < -0.3 is 0 Å². The lowest BCUT2D eigenvalue weighted by Gasteiger charge is -2.00. The molecule has 0 aliphatic carbocycles. The summed E-state index contributed by atoms with van der Waals surface area (Å²) in [6.45, 7) is 0. The standard InChI is InChI=1S/C8H2BrCl3N2S/c9-5-6(11)13-8(14-7(5)12)3-1-2-4(10)15-3/h1-2H. The second-order valence-electron chi connectivity index (χ2n) is 2.55. The van der Waals surface area contributed by atoms with Crippen molar-refractivity contribution in [2.24, 2.45) is 0 Å². The monoisotopic (exact) mass is 342 g/mol. The quantitative estimate of drug-likeness (QED) is 0.686. The Morgan fingerprint density at radius 3 is 2.13 bits per heavy atom. The number of aromatic nitrogens is 2. The zero-order chi connectivity index (χ0) is 11.0. The van der Waals surface area contributed by atoms with E-state index < -0.39 is 0 Å². The predicted octanol–water partition coefficient (Wildman–Crippen LogP) is 4.93. The van der Waals surface area contributed by atoms with Gasteiger partial charge in [-0.3, -0.25) is 0 Å². The molecule has 0 spiro atoms. The Kier molecular flexibility index (Phi) is 3.52. The van der Waals surface area contributed by atoms with Crippen molar-refractivity contribution in [3.63, 3.8) is 0 Å². The lowest BCUT2D eigenvalue weighted by atomic mass is 10.4. The van der Waals surface area contributed by atoms with E-state index in [-0.39, 0.29) is 10.3 Å². The summed E-state index contributed by atoms with van der Waals surface area (Å²) in [7, 11) is 0. The van der Waals surface area contributed by atoms with Crippen molar-refractivity contribution in [2.75, 3.05) is 0 Å². The van der Waals surface area contributed by atoms with Gasteiger partial charge in [-0.1, -0.05) is 34.8 Å². The summed E-state index contributed by atoms with van der Waals surface area (Å²) in [6.07, 6.45) is 0. The van der Waals surface area contributed by atoms with E-state index in [0.29, 0.717) is 14.6 Å². The molecule has 2 aromatic heterocycles. The second kappa shape index (κ2) is 4.55. The van der Waals surface area contributed by atoms with Crippen LogP contribution in [0.5, 0.6) is 0 Å². The molecule has 0 unspecified atom stereocenters. The van der Waals surface area contributed by atoms with E-state index in [1.165, 1.54) is 11.3 Å². The first-order valence-corrected chi connectivity index (χ1v) is 6.46. The van der Waals surface area contributed by atoms with Crippen molar-refractivity contribution in [3.8, 4) is 10.7 Å². The number of thiophene rings is 1. The summed E-state index contributed by atoms with van der Waals surface area (Å²) >= 11 is 22.1. The maximum absolute atomic E-state index is 5.87. The van der Waals surface area contributed by atoms with Crippen molar-refractivity contribution in [1.29, 1.82) is 0 Å². The molecule has 0 saturated carbocycles. The first-order chi connectivity index (χ1) is 7.08. The van der Waals surface area contributed by atoms with E-state index in [9.17, 15) is 0 Å². The van der Waals surface area contributed by atoms with E-state index in [1.54, 1.807) is 6.07 Å².